The Morgan fingerprint density at radius 3 is 2.35 bits per heavy atom. The third-order valence-electron chi connectivity index (χ3n) is 6.07. The van der Waals surface area contributed by atoms with E-state index in [1.165, 1.54) is 14.2 Å². The second kappa shape index (κ2) is 9.29. The Morgan fingerprint density at radius 1 is 1.03 bits per heavy atom. The topological polar surface area (TPSA) is 89.0 Å². The minimum atomic E-state index is -1.11. The molecule has 1 atom stereocenters. The number of carbonyl (C=O) groups excluding carboxylic acids is 2. The van der Waals surface area contributed by atoms with E-state index < -0.39 is 35.1 Å². The predicted molar refractivity (Wildman–Crippen MR) is 135 cm³/mol. The number of ether oxygens (including phenoxy) is 2. The molecule has 1 amide bonds. The lowest BCUT2D eigenvalue weighted by atomic mass is 9.94. The lowest BCUT2D eigenvalue weighted by Crippen LogP contribution is -2.29. The molecule has 1 aliphatic heterocycles. The van der Waals surface area contributed by atoms with Crippen LogP contribution >= 0.6 is 11.3 Å². The van der Waals surface area contributed by atoms with Crippen molar-refractivity contribution in [2.45, 2.75) is 13.0 Å². The zero-order chi connectivity index (χ0) is 26.4. The number of aryl methyl sites for hydroxylation is 1. The molecule has 1 fully saturated rings. The van der Waals surface area contributed by atoms with Gasteiger partial charge in [0.1, 0.15) is 34.2 Å². The van der Waals surface area contributed by atoms with Crippen molar-refractivity contribution in [3.63, 3.8) is 0 Å². The highest BCUT2D eigenvalue weighted by atomic mass is 32.1. The molecule has 1 N–H and O–H groups in total. The smallest absolute Gasteiger partial charge is 0.301 e. The lowest BCUT2D eigenvalue weighted by molar-refractivity contribution is -0.132. The van der Waals surface area contributed by atoms with Crippen LogP contribution in [0.25, 0.3) is 16.0 Å². The summed E-state index contributed by atoms with van der Waals surface area (Å²) in [5, 5.41) is 11.5. The minimum absolute atomic E-state index is 0.0147. The van der Waals surface area contributed by atoms with Crippen LogP contribution < -0.4 is 14.4 Å². The number of halogens is 2. The van der Waals surface area contributed by atoms with Crippen molar-refractivity contribution in [2.75, 3.05) is 19.1 Å². The molecule has 0 bridgehead atoms. The minimum Gasteiger partial charge on any atom is -0.506 e. The summed E-state index contributed by atoms with van der Waals surface area (Å²) in [6.45, 7) is 1.84. The van der Waals surface area contributed by atoms with Gasteiger partial charge in [-0.2, -0.15) is 0 Å². The Bertz CT molecular complexity index is 1590. The highest BCUT2D eigenvalue weighted by Crippen LogP contribution is 2.46. The molecule has 1 unspecified atom stereocenters. The second-order valence-corrected chi connectivity index (χ2v) is 9.36. The molecule has 3 aromatic carbocycles. The lowest BCUT2D eigenvalue weighted by Gasteiger charge is -2.23. The number of hydrogen-bond acceptors (Lipinski definition) is 7. The normalized spacial score (nSPS) is 17.0. The summed E-state index contributed by atoms with van der Waals surface area (Å²) in [6, 6.07) is 12.6. The number of rotatable bonds is 5. The molecular weight excluding hydrogens is 502 g/mol. The predicted octanol–water partition coefficient (Wildman–Crippen LogP) is 5.53. The van der Waals surface area contributed by atoms with E-state index in [-0.39, 0.29) is 38.0 Å². The van der Waals surface area contributed by atoms with Crippen molar-refractivity contribution in [1.29, 1.82) is 0 Å². The second-order valence-electron chi connectivity index (χ2n) is 8.35. The van der Waals surface area contributed by atoms with E-state index in [0.717, 1.165) is 27.9 Å². The maximum atomic E-state index is 14.4. The molecule has 5 rings (SSSR count). The number of thiazole rings is 1. The summed E-state index contributed by atoms with van der Waals surface area (Å²) in [4.78, 5) is 32.2. The van der Waals surface area contributed by atoms with Crippen molar-refractivity contribution in [3.8, 4) is 11.5 Å². The monoisotopic (exact) mass is 522 g/mol. The van der Waals surface area contributed by atoms with Gasteiger partial charge in [0.2, 0.25) is 0 Å². The molecule has 0 radical (unpaired) electrons. The van der Waals surface area contributed by atoms with Gasteiger partial charge >= 0.3 is 5.91 Å². The quantitative estimate of drug-likeness (QED) is 0.211. The molecule has 37 heavy (non-hydrogen) atoms. The van der Waals surface area contributed by atoms with E-state index in [1.54, 1.807) is 36.4 Å². The molecule has 1 aliphatic rings. The number of benzene rings is 3. The summed E-state index contributed by atoms with van der Waals surface area (Å²) in [5.74, 6) is -3.67. The first-order valence-corrected chi connectivity index (χ1v) is 11.9. The van der Waals surface area contributed by atoms with E-state index in [9.17, 15) is 23.5 Å². The molecule has 4 aromatic rings. The van der Waals surface area contributed by atoms with Crippen LogP contribution in [0.15, 0.2) is 60.2 Å². The number of Topliss-reactive ketones (excluding diaryl/α,β-unsaturated/α-hetero) is 1. The Balaban J connectivity index is 1.80. The number of fused-ring (bicyclic) bond motifs is 1. The van der Waals surface area contributed by atoms with Crippen molar-refractivity contribution in [3.05, 3.63) is 88.5 Å². The molecule has 0 saturated carbocycles. The van der Waals surface area contributed by atoms with Crippen LogP contribution in [0.4, 0.5) is 13.9 Å². The molecule has 1 saturated heterocycles. The van der Waals surface area contributed by atoms with Crippen molar-refractivity contribution in [2.24, 2.45) is 0 Å². The van der Waals surface area contributed by atoms with Crippen LogP contribution in [0.2, 0.25) is 0 Å². The third kappa shape index (κ3) is 3.99. The van der Waals surface area contributed by atoms with Gasteiger partial charge in [-0.15, -0.1) is 0 Å². The molecular formula is C27H20F2N2O5S. The van der Waals surface area contributed by atoms with E-state index in [4.69, 9.17) is 9.47 Å². The molecule has 0 aliphatic carbocycles. The summed E-state index contributed by atoms with van der Waals surface area (Å²) in [5.41, 5.74) is 1.11. The van der Waals surface area contributed by atoms with Crippen LogP contribution in [-0.4, -0.2) is 36.0 Å². The summed E-state index contributed by atoms with van der Waals surface area (Å²) >= 11 is 0.864. The van der Waals surface area contributed by atoms with Crippen LogP contribution in [-0.2, 0) is 9.59 Å². The maximum absolute atomic E-state index is 14.4. The zero-order valence-corrected chi connectivity index (χ0v) is 20.7. The average molecular weight is 523 g/mol. The number of anilines is 1. The van der Waals surface area contributed by atoms with Gasteiger partial charge in [-0.25, -0.2) is 13.8 Å². The van der Waals surface area contributed by atoms with Gasteiger partial charge in [0.15, 0.2) is 10.9 Å². The number of hydrogen-bond donors (Lipinski definition) is 1. The largest absolute Gasteiger partial charge is 0.506 e. The molecule has 2 heterocycles. The first kappa shape index (κ1) is 24.4. The van der Waals surface area contributed by atoms with Gasteiger partial charge in [0, 0.05) is 6.07 Å². The van der Waals surface area contributed by atoms with E-state index >= 15 is 0 Å². The molecule has 10 heteroatoms. The number of carbonyl (C=O) groups is 2. The van der Waals surface area contributed by atoms with E-state index in [0.29, 0.717) is 11.6 Å². The number of aromatic nitrogens is 1. The van der Waals surface area contributed by atoms with Gasteiger partial charge in [-0.3, -0.25) is 14.5 Å². The molecule has 188 valence electrons. The van der Waals surface area contributed by atoms with Crippen LogP contribution in [0.3, 0.4) is 0 Å². The number of aliphatic hydroxyl groups excluding tert-OH is 1. The SMILES string of the molecule is COc1cccc(OC)c1/C(O)=C1\C(=O)C(=O)N(c2nc3c(F)cc(F)cc3s2)C1c1cccc(C)c1. The Morgan fingerprint density at radius 2 is 1.70 bits per heavy atom. The number of methoxy groups -OCH3 is 2. The molecule has 1 aromatic heterocycles. The van der Waals surface area contributed by atoms with Crippen LogP contribution in [0.1, 0.15) is 22.7 Å². The van der Waals surface area contributed by atoms with E-state index in [2.05, 4.69) is 4.98 Å². The molecule has 7 nitrogen and oxygen atoms in total. The van der Waals surface area contributed by atoms with Crippen molar-refractivity contribution >= 4 is 44.1 Å². The van der Waals surface area contributed by atoms with E-state index in [1.807, 2.05) is 13.0 Å². The van der Waals surface area contributed by atoms with Crippen molar-refractivity contribution < 1.29 is 33.0 Å². The van der Waals surface area contributed by atoms with Gasteiger partial charge in [0.25, 0.3) is 5.78 Å². The average Bonchev–Trinajstić information content (AvgIpc) is 3.41. The maximum Gasteiger partial charge on any atom is 0.301 e. The standard InChI is InChI=1S/C27H20F2N2O5S/c1-13-6-4-7-14(10-13)23-21(24(32)20-17(35-2)8-5-9-18(20)36-3)25(33)26(34)31(23)27-30-22-16(29)11-15(28)12-19(22)37-27/h4-12,23,32H,1-3H3/b24-21+. The Hall–Kier alpha value is -4.31. The summed E-state index contributed by atoms with van der Waals surface area (Å²) < 4.78 is 39.3. The number of amides is 1. The number of nitrogens with zero attached hydrogens (tertiary/aromatic N) is 2. The fraction of sp³-hybridized carbons (Fsp3) is 0.148. The number of aliphatic hydroxyl groups is 1. The van der Waals surface area contributed by atoms with Gasteiger partial charge in [0.05, 0.1) is 30.5 Å². The molecule has 0 spiro atoms. The van der Waals surface area contributed by atoms with Gasteiger partial charge in [-0.1, -0.05) is 47.2 Å². The fourth-order valence-electron chi connectivity index (χ4n) is 4.45. The Labute approximate surface area is 214 Å². The van der Waals surface area contributed by atoms with Crippen molar-refractivity contribution in [1.82, 2.24) is 4.98 Å². The zero-order valence-electron chi connectivity index (χ0n) is 19.9. The van der Waals surface area contributed by atoms with Crippen LogP contribution in [0.5, 0.6) is 11.5 Å². The highest BCUT2D eigenvalue weighted by molar-refractivity contribution is 7.22. The fourth-order valence-corrected chi connectivity index (χ4v) is 5.48. The van der Waals surface area contributed by atoms with Gasteiger partial charge in [-0.05, 0) is 30.7 Å². The first-order chi connectivity index (χ1) is 17.7. The first-order valence-electron chi connectivity index (χ1n) is 11.1. The van der Waals surface area contributed by atoms with Crippen LogP contribution in [0, 0.1) is 18.6 Å². The third-order valence-corrected chi connectivity index (χ3v) is 7.08. The highest BCUT2D eigenvalue weighted by Gasteiger charge is 2.48. The summed E-state index contributed by atoms with van der Waals surface area (Å²) in [7, 11) is 2.80. The van der Waals surface area contributed by atoms with Gasteiger partial charge < -0.3 is 14.6 Å². The summed E-state index contributed by atoms with van der Waals surface area (Å²) in [6.07, 6.45) is 0. The number of ketones is 1. The Kier molecular flexibility index (Phi) is 6.12.